The fourth-order valence-electron chi connectivity index (χ4n) is 2.75. The summed E-state index contributed by atoms with van der Waals surface area (Å²) in [5, 5.41) is 9.59. The van der Waals surface area contributed by atoms with Gasteiger partial charge in [0.1, 0.15) is 10.7 Å². The Labute approximate surface area is 177 Å². The van der Waals surface area contributed by atoms with Crippen molar-refractivity contribution in [1.82, 2.24) is 15.3 Å². The van der Waals surface area contributed by atoms with Gasteiger partial charge < -0.3 is 10.3 Å². The monoisotopic (exact) mass is 447 g/mol. The lowest BCUT2D eigenvalue weighted by atomic mass is 10.2. The molecule has 4 aromatic heterocycles. The second-order valence-corrected chi connectivity index (χ2v) is 9.82. The third kappa shape index (κ3) is 4.54. The first kappa shape index (κ1) is 19.4. The van der Waals surface area contributed by atoms with Crippen LogP contribution in [0.1, 0.15) is 10.7 Å². The predicted octanol–water partition coefficient (Wildman–Crippen LogP) is 4.37. The Morgan fingerprint density at radius 2 is 2.04 bits per heavy atom. The quantitative estimate of drug-likeness (QED) is 0.421. The molecular weight excluding hydrogens is 430 g/mol. The lowest BCUT2D eigenvalue weighted by molar-refractivity contribution is -0.118. The van der Waals surface area contributed by atoms with Gasteiger partial charge in [-0.1, -0.05) is 12.1 Å². The maximum atomic E-state index is 12.6. The van der Waals surface area contributed by atoms with E-state index in [1.54, 1.807) is 22.7 Å². The standard InChI is InChI=1S/C19H17N3O2S4/c23-16(20-6-5-12-3-1-7-26-12)11-25-10-15-21-18(24)17-13(9-28-19(17)22-15)14-4-2-8-27-14/h1-4,7-9H,5-6,10-11H2,(H,20,23)(H,21,22,24). The molecule has 144 valence electrons. The molecule has 9 heteroatoms. The molecule has 0 fully saturated rings. The van der Waals surface area contributed by atoms with Crippen molar-refractivity contribution < 1.29 is 4.79 Å². The van der Waals surface area contributed by atoms with Crippen LogP contribution in [0.25, 0.3) is 20.7 Å². The summed E-state index contributed by atoms with van der Waals surface area (Å²) in [6, 6.07) is 8.06. The third-order valence-electron chi connectivity index (χ3n) is 4.03. The first-order chi connectivity index (χ1) is 13.7. The lowest BCUT2D eigenvalue weighted by Crippen LogP contribution is -2.27. The largest absolute Gasteiger partial charge is 0.355 e. The van der Waals surface area contributed by atoms with Crippen LogP contribution < -0.4 is 10.9 Å². The minimum absolute atomic E-state index is 0.00101. The third-order valence-corrected chi connectivity index (χ3v) is 7.68. The summed E-state index contributed by atoms with van der Waals surface area (Å²) >= 11 is 6.23. The SMILES string of the molecule is O=C(CSCc1nc2scc(-c3cccs3)c2c(=O)[nH]1)NCCc1cccs1. The number of H-pyrrole nitrogens is 1. The molecule has 0 aliphatic rings. The number of carbonyl (C=O) groups excluding carboxylic acids is 1. The second-order valence-electron chi connectivity index (χ2n) is 5.99. The van der Waals surface area contributed by atoms with Gasteiger partial charge in [0, 0.05) is 27.2 Å². The Morgan fingerprint density at radius 3 is 2.82 bits per heavy atom. The van der Waals surface area contributed by atoms with Crippen LogP contribution in [0, 0.1) is 0 Å². The Balaban J connectivity index is 1.32. The van der Waals surface area contributed by atoms with Gasteiger partial charge in [-0.2, -0.15) is 0 Å². The highest BCUT2D eigenvalue weighted by Crippen LogP contribution is 2.33. The molecule has 0 aromatic carbocycles. The van der Waals surface area contributed by atoms with E-state index in [4.69, 9.17) is 0 Å². The van der Waals surface area contributed by atoms with Crippen LogP contribution in [0.3, 0.4) is 0 Å². The summed E-state index contributed by atoms with van der Waals surface area (Å²) in [7, 11) is 0. The van der Waals surface area contributed by atoms with Gasteiger partial charge in [0.25, 0.3) is 5.56 Å². The predicted molar refractivity (Wildman–Crippen MR) is 121 cm³/mol. The highest BCUT2D eigenvalue weighted by Gasteiger charge is 2.13. The molecule has 4 heterocycles. The maximum absolute atomic E-state index is 12.6. The van der Waals surface area contributed by atoms with E-state index >= 15 is 0 Å². The molecule has 0 unspecified atom stereocenters. The van der Waals surface area contributed by atoms with Crippen molar-refractivity contribution in [3.05, 3.63) is 61.5 Å². The van der Waals surface area contributed by atoms with Crippen molar-refractivity contribution in [1.29, 1.82) is 0 Å². The van der Waals surface area contributed by atoms with Crippen molar-refractivity contribution in [3.63, 3.8) is 0 Å². The van der Waals surface area contributed by atoms with Crippen LogP contribution in [0.2, 0.25) is 0 Å². The number of thioether (sulfide) groups is 1. The summed E-state index contributed by atoms with van der Waals surface area (Å²) in [5.41, 5.74) is 0.818. The highest BCUT2D eigenvalue weighted by molar-refractivity contribution is 7.99. The zero-order valence-corrected chi connectivity index (χ0v) is 18.0. The molecule has 0 saturated carbocycles. The van der Waals surface area contributed by atoms with Gasteiger partial charge in [-0.15, -0.1) is 45.8 Å². The average molecular weight is 448 g/mol. The smallest absolute Gasteiger partial charge is 0.260 e. The normalized spacial score (nSPS) is 11.1. The molecule has 0 saturated heterocycles. The van der Waals surface area contributed by atoms with Gasteiger partial charge in [0.15, 0.2) is 0 Å². The van der Waals surface area contributed by atoms with Gasteiger partial charge >= 0.3 is 0 Å². The van der Waals surface area contributed by atoms with Crippen molar-refractivity contribution in [2.45, 2.75) is 12.2 Å². The summed E-state index contributed by atoms with van der Waals surface area (Å²) in [5.74, 6) is 1.45. The van der Waals surface area contributed by atoms with E-state index in [1.165, 1.54) is 28.0 Å². The topological polar surface area (TPSA) is 74.8 Å². The number of fused-ring (bicyclic) bond motifs is 1. The molecule has 0 bridgehead atoms. The zero-order chi connectivity index (χ0) is 19.3. The number of carbonyl (C=O) groups is 1. The number of rotatable bonds is 8. The number of aromatic amines is 1. The fraction of sp³-hybridized carbons (Fsp3) is 0.211. The van der Waals surface area contributed by atoms with Gasteiger partial charge in [0.2, 0.25) is 5.91 Å². The van der Waals surface area contributed by atoms with Gasteiger partial charge in [0.05, 0.1) is 16.9 Å². The van der Waals surface area contributed by atoms with Crippen LogP contribution in [-0.4, -0.2) is 28.2 Å². The Hall–Kier alpha value is -1.94. The van der Waals surface area contributed by atoms with E-state index < -0.39 is 0 Å². The van der Waals surface area contributed by atoms with Gasteiger partial charge in [-0.05, 0) is 29.3 Å². The number of hydrogen-bond acceptors (Lipinski definition) is 7. The molecule has 5 nitrogen and oxygen atoms in total. The van der Waals surface area contributed by atoms with Crippen molar-refractivity contribution in [3.8, 4) is 10.4 Å². The molecule has 4 aromatic rings. The van der Waals surface area contributed by atoms with Crippen LogP contribution in [0.15, 0.2) is 45.2 Å². The summed E-state index contributed by atoms with van der Waals surface area (Å²) in [6.45, 7) is 0.641. The van der Waals surface area contributed by atoms with E-state index in [2.05, 4.69) is 21.4 Å². The minimum atomic E-state index is -0.120. The van der Waals surface area contributed by atoms with Crippen molar-refractivity contribution >= 4 is 61.9 Å². The highest BCUT2D eigenvalue weighted by atomic mass is 32.2. The van der Waals surface area contributed by atoms with E-state index in [1.807, 2.05) is 34.3 Å². The van der Waals surface area contributed by atoms with E-state index in [0.29, 0.717) is 29.3 Å². The first-order valence-electron chi connectivity index (χ1n) is 8.62. The van der Waals surface area contributed by atoms with Crippen LogP contribution >= 0.6 is 45.8 Å². The molecule has 28 heavy (non-hydrogen) atoms. The summed E-state index contributed by atoms with van der Waals surface area (Å²) in [6.07, 6.45) is 0.852. The molecule has 0 aliphatic heterocycles. The summed E-state index contributed by atoms with van der Waals surface area (Å²) < 4.78 is 0. The Kier molecular flexibility index (Phi) is 6.26. The van der Waals surface area contributed by atoms with Gasteiger partial charge in [-0.3, -0.25) is 9.59 Å². The van der Waals surface area contributed by atoms with Gasteiger partial charge in [-0.25, -0.2) is 4.98 Å². The number of aromatic nitrogens is 2. The number of nitrogens with one attached hydrogen (secondary N) is 2. The Bertz CT molecular complexity index is 1110. The van der Waals surface area contributed by atoms with Crippen LogP contribution in [0.5, 0.6) is 0 Å². The molecule has 0 radical (unpaired) electrons. The molecule has 0 aliphatic carbocycles. The number of amides is 1. The lowest BCUT2D eigenvalue weighted by Gasteiger charge is -2.04. The van der Waals surface area contributed by atoms with Crippen LogP contribution in [0.4, 0.5) is 0 Å². The van der Waals surface area contributed by atoms with E-state index in [-0.39, 0.29) is 11.5 Å². The number of hydrogen-bond donors (Lipinski definition) is 2. The molecule has 0 atom stereocenters. The molecular formula is C19H17N3O2S4. The Morgan fingerprint density at radius 1 is 1.18 bits per heavy atom. The molecule has 4 rings (SSSR count). The molecule has 1 amide bonds. The van der Waals surface area contributed by atoms with Crippen molar-refractivity contribution in [2.75, 3.05) is 12.3 Å². The van der Waals surface area contributed by atoms with E-state index in [9.17, 15) is 9.59 Å². The van der Waals surface area contributed by atoms with Crippen LogP contribution in [-0.2, 0) is 17.0 Å². The summed E-state index contributed by atoms with van der Waals surface area (Å²) in [4.78, 5) is 35.0. The van der Waals surface area contributed by atoms with E-state index in [0.717, 1.165) is 21.7 Å². The number of nitrogens with zero attached hydrogens (tertiary/aromatic N) is 1. The minimum Gasteiger partial charge on any atom is -0.355 e. The second kappa shape index (κ2) is 9.04. The maximum Gasteiger partial charge on any atom is 0.260 e. The fourth-order valence-corrected chi connectivity index (χ4v) is 5.96. The zero-order valence-electron chi connectivity index (χ0n) is 14.8. The average Bonchev–Trinajstić information content (AvgIpc) is 3.43. The number of thiophene rings is 3. The first-order valence-corrected chi connectivity index (χ1v) is 12.4. The molecule has 2 N–H and O–H groups in total. The van der Waals surface area contributed by atoms with Crippen molar-refractivity contribution in [2.24, 2.45) is 0 Å². The molecule has 0 spiro atoms.